The summed E-state index contributed by atoms with van der Waals surface area (Å²) in [7, 11) is 3.44. The van der Waals surface area contributed by atoms with Crippen molar-refractivity contribution in [1.29, 1.82) is 0 Å². The van der Waals surface area contributed by atoms with Gasteiger partial charge >= 0.3 is 0 Å². The zero-order valence-corrected chi connectivity index (χ0v) is 9.77. The number of hydrogen-bond acceptors (Lipinski definition) is 2. The van der Waals surface area contributed by atoms with Crippen molar-refractivity contribution >= 4 is 10.9 Å². The number of hydrogen-bond donors (Lipinski definition) is 0. The monoisotopic (exact) mass is 219 g/mol. The second-order valence-electron chi connectivity index (χ2n) is 3.75. The van der Waals surface area contributed by atoms with Gasteiger partial charge in [0, 0.05) is 31.8 Å². The van der Waals surface area contributed by atoms with Crippen LogP contribution in [0.25, 0.3) is 10.9 Å². The lowest BCUT2D eigenvalue weighted by Crippen LogP contribution is -1.99. The fraction of sp³-hybridized carbons (Fsp3) is 0.385. The highest BCUT2D eigenvalue weighted by molar-refractivity contribution is 5.86. The highest BCUT2D eigenvalue weighted by Gasteiger charge is 2.04. The van der Waals surface area contributed by atoms with E-state index in [1.807, 2.05) is 12.1 Å². The zero-order chi connectivity index (χ0) is 11.4. The number of methoxy groups -OCH3 is 2. The lowest BCUT2D eigenvalue weighted by Gasteiger charge is -2.06. The Labute approximate surface area is 95.6 Å². The molecule has 1 aromatic carbocycles. The molecule has 2 aromatic rings. The van der Waals surface area contributed by atoms with Crippen molar-refractivity contribution in [1.82, 2.24) is 4.57 Å². The van der Waals surface area contributed by atoms with Gasteiger partial charge in [0.15, 0.2) is 0 Å². The number of aryl methyl sites for hydroxylation is 1. The van der Waals surface area contributed by atoms with E-state index in [9.17, 15) is 0 Å². The molecule has 0 spiro atoms. The van der Waals surface area contributed by atoms with Crippen LogP contribution in [0.2, 0.25) is 0 Å². The highest BCUT2D eigenvalue weighted by atomic mass is 16.5. The van der Waals surface area contributed by atoms with Crippen LogP contribution in [-0.4, -0.2) is 25.4 Å². The molecule has 0 saturated heterocycles. The van der Waals surface area contributed by atoms with Crippen LogP contribution in [0.3, 0.4) is 0 Å². The Kier molecular flexibility index (Phi) is 3.47. The van der Waals surface area contributed by atoms with E-state index in [0.717, 1.165) is 25.3 Å². The van der Waals surface area contributed by atoms with Crippen molar-refractivity contribution in [3.05, 3.63) is 30.5 Å². The molecule has 0 N–H and O–H groups in total. The second kappa shape index (κ2) is 5.03. The van der Waals surface area contributed by atoms with Gasteiger partial charge in [-0.25, -0.2) is 0 Å². The molecule has 0 radical (unpaired) electrons. The number of fused-ring (bicyclic) bond motifs is 1. The van der Waals surface area contributed by atoms with Gasteiger partial charge in [-0.1, -0.05) is 6.07 Å². The molecule has 0 unspecified atom stereocenters. The lowest BCUT2D eigenvalue weighted by molar-refractivity contribution is 0.190. The van der Waals surface area contributed by atoms with Crippen molar-refractivity contribution in [3.63, 3.8) is 0 Å². The van der Waals surface area contributed by atoms with Gasteiger partial charge < -0.3 is 14.0 Å². The Morgan fingerprint density at radius 2 is 2.06 bits per heavy atom. The van der Waals surface area contributed by atoms with Crippen molar-refractivity contribution < 1.29 is 9.47 Å². The van der Waals surface area contributed by atoms with Crippen LogP contribution in [0.1, 0.15) is 6.42 Å². The van der Waals surface area contributed by atoms with E-state index in [1.165, 1.54) is 10.9 Å². The summed E-state index contributed by atoms with van der Waals surface area (Å²) in [6.45, 7) is 1.77. The molecule has 3 heteroatoms. The summed E-state index contributed by atoms with van der Waals surface area (Å²) >= 11 is 0. The molecule has 0 bridgehead atoms. The molecule has 0 aliphatic heterocycles. The van der Waals surface area contributed by atoms with Crippen LogP contribution in [-0.2, 0) is 11.3 Å². The number of benzene rings is 1. The first-order valence-electron chi connectivity index (χ1n) is 5.47. The molecule has 16 heavy (non-hydrogen) atoms. The van der Waals surface area contributed by atoms with Gasteiger partial charge in [0.25, 0.3) is 0 Å². The predicted octanol–water partition coefficient (Wildman–Crippen LogP) is 2.69. The van der Waals surface area contributed by atoms with E-state index in [-0.39, 0.29) is 0 Å². The minimum atomic E-state index is 0.795. The lowest BCUT2D eigenvalue weighted by atomic mass is 10.2. The van der Waals surface area contributed by atoms with Gasteiger partial charge in [-0.3, -0.25) is 0 Å². The van der Waals surface area contributed by atoms with Crippen LogP contribution >= 0.6 is 0 Å². The molecule has 0 saturated carbocycles. The third kappa shape index (κ3) is 2.04. The van der Waals surface area contributed by atoms with Crippen molar-refractivity contribution in [2.75, 3.05) is 20.8 Å². The number of aromatic nitrogens is 1. The third-order valence-corrected chi connectivity index (χ3v) is 2.74. The summed E-state index contributed by atoms with van der Waals surface area (Å²) in [4.78, 5) is 0. The zero-order valence-electron chi connectivity index (χ0n) is 9.77. The Morgan fingerprint density at radius 3 is 2.81 bits per heavy atom. The van der Waals surface area contributed by atoms with Gasteiger partial charge in [-0.15, -0.1) is 0 Å². The first-order valence-corrected chi connectivity index (χ1v) is 5.47. The smallest absolute Gasteiger partial charge is 0.128 e. The van der Waals surface area contributed by atoms with E-state index in [1.54, 1.807) is 14.2 Å². The molecule has 2 rings (SSSR count). The SMILES string of the molecule is COCCCn1ccc2c(OC)cccc21. The van der Waals surface area contributed by atoms with Gasteiger partial charge in [-0.2, -0.15) is 0 Å². The summed E-state index contributed by atoms with van der Waals surface area (Å²) in [5.74, 6) is 0.933. The largest absolute Gasteiger partial charge is 0.496 e. The van der Waals surface area contributed by atoms with Crippen LogP contribution < -0.4 is 4.74 Å². The molecule has 0 aliphatic carbocycles. The van der Waals surface area contributed by atoms with Gasteiger partial charge in [0.2, 0.25) is 0 Å². The minimum Gasteiger partial charge on any atom is -0.496 e. The van der Waals surface area contributed by atoms with Crippen molar-refractivity contribution in [2.24, 2.45) is 0 Å². The maximum absolute atomic E-state index is 5.33. The number of nitrogens with zero attached hydrogens (tertiary/aromatic N) is 1. The van der Waals surface area contributed by atoms with Crippen molar-refractivity contribution in [3.8, 4) is 5.75 Å². The first kappa shape index (κ1) is 11.0. The average molecular weight is 219 g/mol. The molecule has 1 aromatic heterocycles. The fourth-order valence-corrected chi connectivity index (χ4v) is 1.95. The van der Waals surface area contributed by atoms with Crippen LogP contribution in [0.15, 0.2) is 30.5 Å². The highest BCUT2D eigenvalue weighted by Crippen LogP contribution is 2.26. The third-order valence-electron chi connectivity index (χ3n) is 2.74. The van der Waals surface area contributed by atoms with Gasteiger partial charge in [-0.05, 0) is 24.6 Å². The van der Waals surface area contributed by atoms with Crippen LogP contribution in [0.4, 0.5) is 0 Å². The van der Waals surface area contributed by atoms with E-state index in [2.05, 4.69) is 22.9 Å². The minimum absolute atomic E-state index is 0.795. The van der Waals surface area contributed by atoms with Crippen LogP contribution in [0, 0.1) is 0 Å². The fourth-order valence-electron chi connectivity index (χ4n) is 1.95. The maximum Gasteiger partial charge on any atom is 0.128 e. The summed E-state index contributed by atoms with van der Waals surface area (Å²) in [5, 5.41) is 1.17. The van der Waals surface area contributed by atoms with E-state index < -0.39 is 0 Å². The van der Waals surface area contributed by atoms with E-state index in [0.29, 0.717) is 0 Å². The van der Waals surface area contributed by atoms with E-state index >= 15 is 0 Å². The standard InChI is InChI=1S/C13H17NO2/c1-15-10-4-8-14-9-7-11-12(14)5-3-6-13(11)16-2/h3,5-7,9H,4,8,10H2,1-2H3. The Hall–Kier alpha value is -1.48. The average Bonchev–Trinajstić information content (AvgIpc) is 2.73. The molecule has 0 atom stereocenters. The van der Waals surface area contributed by atoms with Crippen LogP contribution in [0.5, 0.6) is 5.75 Å². The Bertz CT molecular complexity index is 462. The van der Waals surface area contributed by atoms with Crippen molar-refractivity contribution in [2.45, 2.75) is 13.0 Å². The summed E-state index contributed by atoms with van der Waals surface area (Å²) in [6, 6.07) is 8.22. The van der Waals surface area contributed by atoms with Gasteiger partial charge in [0.1, 0.15) is 5.75 Å². The summed E-state index contributed by atoms with van der Waals surface area (Å²) in [5.41, 5.74) is 1.22. The molecule has 86 valence electrons. The normalized spacial score (nSPS) is 10.9. The van der Waals surface area contributed by atoms with E-state index in [4.69, 9.17) is 9.47 Å². The Balaban J connectivity index is 2.27. The number of rotatable bonds is 5. The molecule has 0 aliphatic rings. The number of ether oxygens (including phenoxy) is 2. The molecule has 1 heterocycles. The molecule has 0 fully saturated rings. The van der Waals surface area contributed by atoms with Gasteiger partial charge in [0.05, 0.1) is 12.6 Å². The molecule has 0 amide bonds. The maximum atomic E-state index is 5.33. The quantitative estimate of drug-likeness (QED) is 0.722. The Morgan fingerprint density at radius 1 is 1.19 bits per heavy atom. The summed E-state index contributed by atoms with van der Waals surface area (Å²) < 4.78 is 12.6. The second-order valence-corrected chi connectivity index (χ2v) is 3.75. The molecular formula is C13H17NO2. The molecule has 3 nitrogen and oxygen atoms in total. The molecular weight excluding hydrogens is 202 g/mol. The summed E-state index contributed by atoms with van der Waals surface area (Å²) in [6.07, 6.45) is 3.13. The topological polar surface area (TPSA) is 23.4 Å². The first-order chi connectivity index (χ1) is 7.86. The predicted molar refractivity (Wildman–Crippen MR) is 65.0 cm³/mol.